The first kappa shape index (κ1) is 9.14. The Morgan fingerprint density at radius 3 is 2.73 bits per heavy atom. The van der Waals surface area contributed by atoms with Crippen LogP contribution >= 0.6 is 12.6 Å². The Morgan fingerprint density at radius 1 is 1.27 bits per heavy atom. The summed E-state index contributed by atoms with van der Waals surface area (Å²) in [7, 11) is 0. The molecule has 64 valence electrons. The Kier molecular flexibility index (Phi) is 4.02. The van der Waals surface area contributed by atoms with Gasteiger partial charge in [-0.05, 0) is 24.3 Å². The van der Waals surface area contributed by atoms with Gasteiger partial charge in [0.25, 0.3) is 0 Å². The van der Waals surface area contributed by atoms with Crippen molar-refractivity contribution in [3.05, 3.63) is 11.5 Å². The summed E-state index contributed by atoms with van der Waals surface area (Å²) >= 11 is 4.27. The minimum atomic E-state index is 0.457. The Labute approximate surface area is 74.7 Å². The van der Waals surface area contributed by atoms with Gasteiger partial charge in [0.15, 0.2) is 0 Å². The van der Waals surface area contributed by atoms with E-state index in [1.165, 1.54) is 32.1 Å². The number of thiol groups is 1. The maximum absolute atomic E-state index is 4.27. The summed E-state index contributed by atoms with van der Waals surface area (Å²) in [6, 6.07) is 0.457. The number of nitrogens with one attached hydrogen (secondary N) is 1. The SMILES string of the molecule is C=C(S)C1CCCCCCN1. The molecule has 1 heterocycles. The summed E-state index contributed by atoms with van der Waals surface area (Å²) in [6.07, 6.45) is 6.58. The summed E-state index contributed by atoms with van der Waals surface area (Å²) in [6.45, 7) is 4.98. The van der Waals surface area contributed by atoms with E-state index in [0.29, 0.717) is 6.04 Å². The van der Waals surface area contributed by atoms with Gasteiger partial charge in [-0.3, -0.25) is 0 Å². The van der Waals surface area contributed by atoms with Gasteiger partial charge in [-0.25, -0.2) is 0 Å². The molecule has 1 rings (SSSR count). The summed E-state index contributed by atoms with van der Waals surface area (Å²) in [5.74, 6) is 0. The van der Waals surface area contributed by atoms with Crippen molar-refractivity contribution in [1.29, 1.82) is 0 Å². The third-order valence-electron chi connectivity index (χ3n) is 2.21. The van der Waals surface area contributed by atoms with E-state index in [1.807, 2.05) is 0 Å². The smallest absolute Gasteiger partial charge is 0.0371 e. The fourth-order valence-electron chi connectivity index (χ4n) is 1.49. The monoisotopic (exact) mass is 171 g/mol. The highest BCUT2D eigenvalue weighted by atomic mass is 32.1. The van der Waals surface area contributed by atoms with E-state index in [-0.39, 0.29) is 0 Å². The molecule has 2 heteroatoms. The molecule has 1 saturated heterocycles. The number of hydrogen-bond donors (Lipinski definition) is 2. The van der Waals surface area contributed by atoms with Crippen LogP contribution in [0.2, 0.25) is 0 Å². The maximum Gasteiger partial charge on any atom is 0.0371 e. The topological polar surface area (TPSA) is 12.0 Å². The molecule has 1 aliphatic heterocycles. The molecular formula is C9H17NS. The van der Waals surface area contributed by atoms with Crippen molar-refractivity contribution in [1.82, 2.24) is 5.32 Å². The summed E-state index contributed by atoms with van der Waals surface area (Å²) in [5, 5.41) is 3.45. The minimum Gasteiger partial charge on any atom is -0.310 e. The van der Waals surface area contributed by atoms with Gasteiger partial charge < -0.3 is 5.32 Å². The lowest BCUT2D eigenvalue weighted by Gasteiger charge is -2.20. The quantitative estimate of drug-likeness (QED) is 0.577. The second-order valence-electron chi connectivity index (χ2n) is 3.20. The van der Waals surface area contributed by atoms with Crippen LogP contribution in [0.25, 0.3) is 0 Å². The van der Waals surface area contributed by atoms with Crippen LogP contribution in [0.1, 0.15) is 32.1 Å². The second-order valence-corrected chi connectivity index (χ2v) is 3.78. The first-order valence-electron chi connectivity index (χ1n) is 4.42. The molecule has 1 atom stereocenters. The fraction of sp³-hybridized carbons (Fsp3) is 0.778. The Morgan fingerprint density at radius 2 is 2.00 bits per heavy atom. The van der Waals surface area contributed by atoms with Gasteiger partial charge in [0.05, 0.1) is 0 Å². The van der Waals surface area contributed by atoms with Crippen LogP contribution in [0.4, 0.5) is 0 Å². The minimum absolute atomic E-state index is 0.457. The molecule has 11 heavy (non-hydrogen) atoms. The Bertz CT molecular complexity index is 126. The summed E-state index contributed by atoms with van der Waals surface area (Å²) in [4.78, 5) is 0.993. The van der Waals surface area contributed by atoms with E-state index in [9.17, 15) is 0 Å². The van der Waals surface area contributed by atoms with E-state index < -0.39 is 0 Å². The van der Waals surface area contributed by atoms with E-state index in [4.69, 9.17) is 0 Å². The van der Waals surface area contributed by atoms with E-state index in [2.05, 4.69) is 24.5 Å². The molecule has 1 aliphatic rings. The molecule has 0 bridgehead atoms. The summed E-state index contributed by atoms with van der Waals surface area (Å²) < 4.78 is 0. The van der Waals surface area contributed by atoms with E-state index >= 15 is 0 Å². The first-order chi connectivity index (χ1) is 5.30. The van der Waals surface area contributed by atoms with Crippen LogP contribution in [0.5, 0.6) is 0 Å². The standard InChI is InChI=1S/C9H17NS/c1-8(11)9-6-4-2-3-5-7-10-9/h9-11H,1-7H2. The largest absolute Gasteiger partial charge is 0.310 e. The lowest BCUT2D eigenvalue weighted by atomic mass is 10.0. The van der Waals surface area contributed by atoms with Crippen LogP contribution in [0, 0.1) is 0 Å². The molecule has 0 radical (unpaired) electrons. The zero-order valence-corrected chi connectivity index (χ0v) is 7.87. The molecule has 0 aliphatic carbocycles. The average Bonchev–Trinajstić information content (AvgIpc) is 1.84. The third kappa shape index (κ3) is 3.30. The lowest BCUT2D eigenvalue weighted by Crippen LogP contribution is -2.31. The van der Waals surface area contributed by atoms with Crippen molar-refractivity contribution in [3.63, 3.8) is 0 Å². The van der Waals surface area contributed by atoms with E-state index in [1.54, 1.807) is 0 Å². The van der Waals surface area contributed by atoms with Gasteiger partial charge in [0.1, 0.15) is 0 Å². The predicted molar refractivity (Wildman–Crippen MR) is 53.0 cm³/mol. The van der Waals surface area contributed by atoms with E-state index in [0.717, 1.165) is 11.4 Å². The first-order valence-corrected chi connectivity index (χ1v) is 4.86. The highest BCUT2D eigenvalue weighted by molar-refractivity contribution is 7.84. The summed E-state index contributed by atoms with van der Waals surface area (Å²) in [5.41, 5.74) is 0. The second kappa shape index (κ2) is 4.83. The fourth-order valence-corrected chi connectivity index (χ4v) is 1.71. The number of hydrogen-bond acceptors (Lipinski definition) is 2. The molecule has 1 unspecified atom stereocenters. The zero-order chi connectivity index (χ0) is 8.10. The highest BCUT2D eigenvalue weighted by Crippen LogP contribution is 2.15. The lowest BCUT2D eigenvalue weighted by molar-refractivity contribution is 0.461. The van der Waals surface area contributed by atoms with Crippen molar-refractivity contribution in [2.75, 3.05) is 6.54 Å². The predicted octanol–water partition coefficient (Wildman–Crippen LogP) is 2.35. The molecule has 0 aromatic rings. The molecule has 1 N–H and O–H groups in total. The molecule has 1 nitrogen and oxygen atoms in total. The third-order valence-corrected chi connectivity index (χ3v) is 2.52. The highest BCUT2D eigenvalue weighted by Gasteiger charge is 2.10. The van der Waals surface area contributed by atoms with Crippen LogP contribution in [-0.2, 0) is 0 Å². The Hall–Kier alpha value is 0.0500. The van der Waals surface area contributed by atoms with Crippen LogP contribution in [-0.4, -0.2) is 12.6 Å². The normalized spacial score (nSPS) is 27.2. The molecule has 0 amide bonds. The van der Waals surface area contributed by atoms with Crippen molar-refractivity contribution in [2.24, 2.45) is 0 Å². The molecule has 1 fully saturated rings. The number of rotatable bonds is 1. The average molecular weight is 171 g/mol. The van der Waals surface area contributed by atoms with Crippen molar-refractivity contribution in [3.8, 4) is 0 Å². The van der Waals surface area contributed by atoms with Gasteiger partial charge in [-0.15, -0.1) is 12.6 Å². The molecule has 0 aromatic carbocycles. The van der Waals surface area contributed by atoms with Crippen LogP contribution < -0.4 is 5.32 Å². The van der Waals surface area contributed by atoms with Crippen LogP contribution in [0.3, 0.4) is 0 Å². The molecular weight excluding hydrogens is 154 g/mol. The van der Waals surface area contributed by atoms with Crippen molar-refractivity contribution >= 4 is 12.6 Å². The molecule has 0 spiro atoms. The van der Waals surface area contributed by atoms with Gasteiger partial charge in [-0.1, -0.05) is 25.8 Å². The van der Waals surface area contributed by atoms with Gasteiger partial charge in [0, 0.05) is 6.04 Å². The maximum atomic E-state index is 4.27. The van der Waals surface area contributed by atoms with Crippen molar-refractivity contribution in [2.45, 2.75) is 38.1 Å². The van der Waals surface area contributed by atoms with Crippen molar-refractivity contribution < 1.29 is 0 Å². The molecule has 0 aromatic heterocycles. The van der Waals surface area contributed by atoms with Gasteiger partial charge >= 0.3 is 0 Å². The Balaban J connectivity index is 2.32. The van der Waals surface area contributed by atoms with Crippen LogP contribution in [0.15, 0.2) is 11.5 Å². The molecule has 0 saturated carbocycles. The van der Waals surface area contributed by atoms with Gasteiger partial charge in [0.2, 0.25) is 0 Å². The zero-order valence-electron chi connectivity index (χ0n) is 6.97. The van der Waals surface area contributed by atoms with Gasteiger partial charge in [-0.2, -0.15) is 0 Å².